The Bertz CT molecular complexity index is 546. The van der Waals surface area contributed by atoms with Gasteiger partial charge in [0.15, 0.2) is 6.10 Å². The zero-order valence-corrected chi connectivity index (χ0v) is 14.2. The average Bonchev–Trinajstić information content (AvgIpc) is 2.56. The first-order valence-electron chi connectivity index (χ1n) is 7.89. The largest absolute Gasteiger partial charge is 0.481 e. The molecule has 1 saturated heterocycles. The first-order chi connectivity index (χ1) is 11.0. The molecule has 1 heterocycles. The fraction of sp³-hybridized carbons (Fsp3) is 0.529. The lowest BCUT2D eigenvalue weighted by molar-refractivity contribution is -0.152. The standard InChI is InChI=1S/C17H22ClNO4/c1-3-22-17(21)13-5-4-10-19(11-13)16(20)12(2)23-15-8-6-14(18)7-9-15/h6-9,12-13H,3-5,10-11H2,1-2H3. The molecule has 2 atom stereocenters. The molecular weight excluding hydrogens is 318 g/mol. The van der Waals surface area contributed by atoms with Gasteiger partial charge in [0.1, 0.15) is 5.75 Å². The molecule has 0 N–H and O–H groups in total. The van der Waals surface area contributed by atoms with Crippen LogP contribution in [-0.4, -0.2) is 42.6 Å². The van der Waals surface area contributed by atoms with Gasteiger partial charge in [0, 0.05) is 18.1 Å². The van der Waals surface area contributed by atoms with Gasteiger partial charge >= 0.3 is 5.97 Å². The van der Waals surface area contributed by atoms with E-state index in [0.717, 1.165) is 12.8 Å². The maximum absolute atomic E-state index is 12.5. The Kier molecular flexibility index (Phi) is 6.28. The number of likely N-dealkylation sites (tertiary alicyclic amines) is 1. The van der Waals surface area contributed by atoms with Crippen LogP contribution in [0.1, 0.15) is 26.7 Å². The number of hydrogen-bond acceptors (Lipinski definition) is 4. The van der Waals surface area contributed by atoms with Crippen LogP contribution in [0.3, 0.4) is 0 Å². The molecule has 0 radical (unpaired) electrons. The number of halogens is 1. The zero-order valence-electron chi connectivity index (χ0n) is 13.5. The van der Waals surface area contributed by atoms with E-state index in [9.17, 15) is 9.59 Å². The maximum Gasteiger partial charge on any atom is 0.310 e. The Labute approximate surface area is 141 Å². The van der Waals surface area contributed by atoms with Crippen molar-refractivity contribution >= 4 is 23.5 Å². The van der Waals surface area contributed by atoms with Crippen molar-refractivity contribution in [1.82, 2.24) is 4.90 Å². The molecule has 0 aliphatic carbocycles. The van der Waals surface area contributed by atoms with E-state index in [1.54, 1.807) is 43.0 Å². The van der Waals surface area contributed by atoms with E-state index < -0.39 is 6.10 Å². The monoisotopic (exact) mass is 339 g/mol. The SMILES string of the molecule is CCOC(=O)C1CCCN(C(=O)C(C)Oc2ccc(Cl)cc2)C1. The van der Waals surface area contributed by atoms with Gasteiger partial charge in [0.05, 0.1) is 12.5 Å². The number of piperidine rings is 1. The molecule has 23 heavy (non-hydrogen) atoms. The Morgan fingerprint density at radius 2 is 2.04 bits per heavy atom. The number of carbonyl (C=O) groups is 2. The van der Waals surface area contributed by atoms with E-state index in [2.05, 4.69) is 0 Å². The van der Waals surface area contributed by atoms with E-state index in [0.29, 0.717) is 30.5 Å². The fourth-order valence-electron chi connectivity index (χ4n) is 2.65. The Balaban J connectivity index is 1.93. The minimum atomic E-state index is -0.614. The predicted molar refractivity (Wildman–Crippen MR) is 87.5 cm³/mol. The van der Waals surface area contributed by atoms with Crippen LogP contribution in [0.15, 0.2) is 24.3 Å². The molecule has 0 aromatic heterocycles. The molecule has 1 amide bonds. The quantitative estimate of drug-likeness (QED) is 0.774. The number of esters is 1. The van der Waals surface area contributed by atoms with Crippen LogP contribution in [0, 0.1) is 5.92 Å². The van der Waals surface area contributed by atoms with Gasteiger partial charge in [0.25, 0.3) is 5.91 Å². The van der Waals surface area contributed by atoms with E-state index >= 15 is 0 Å². The summed E-state index contributed by atoms with van der Waals surface area (Å²) in [7, 11) is 0. The summed E-state index contributed by atoms with van der Waals surface area (Å²) in [5.41, 5.74) is 0. The van der Waals surface area contributed by atoms with E-state index in [1.165, 1.54) is 0 Å². The molecule has 5 nitrogen and oxygen atoms in total. The van der Waals surface area contributed by atoms with Crippen molar-refractivity contribution in [3.05, 3.63) is 29.3 Å². The average molecular weight is 340 g/mol. The molecule has 1 fully saturated rings. The lowest BCUT2D eigenvalue weighted by atomic mass is 9.98. The van der Waals surface area contributed by atoms with Crippen LogP contribution in [-0.2, 0) is 14.3 Å². The van der Waals surface area contributed by atoms with Gasteiger partial charge in [-0.05, 0) is 51.0 Å². The first-order valence-corrected chi connectivity index (χ1v) is 8.26. The summed E-state index contributed by atoms with van der Waals surface area (Å²) in [4.78, 5) is 26.1. The van der Waals surface area contributed by atoms with Crippen molar-refractivity contribution in [2.24, 2.45) is 5.92 Å². The molecule has 1 aromatic rings. The van der Waals surface area contributed by atoms with Gasteiger partial charge < -0.3 is 14.4 Å². The molecule has 2 rings (SSSR count). The lowest BCUT2D eigenvalue weighted by Crippen LogP contribution is -2.47. The second kappa shape index (κ2) is 8.20. The highest BCUT2D eigenvalue weighted by atomic mass is 35.5. The first kappa shape index (κ1) is 17.6. The lowest BCUT2D eigenvalue weighted by Gasteiger charge is -2.33. The third-order valence-corrected chi connectivity index (χ3v) is 4.08. The molecule has 126 valence electrons. The van der Waals surface area contributed by atoms with Crippen molar-refractivity contribution in [2.75, 3.05) is 19.7 Å². The zero-order chi connectivity index (χ0) is 16.8. The second-order valence-electron chi connectivity index (χ2n) is 5.59. The van der Waals surface area contributed by atoms with Gasteiger partial charge in [-0.25, -0.2) is 0 Å². The topological polar surface area (TPSA) is 55.8 Å². The molecule has 1 aliphatic rings. The molecule has 0 spiro atoms. The third kappa shape index (κ3) is 4.86. The summed E-state index contributed by atoms with van der Waals surface area (Å²) < 4.78 is 10.7. The second-order valence-corrected chi connectivity index (χ2v) is 6.03. The van der Waals surface area contributed by atoms with Crippen molar-refractivity contribution in [1.29, 1.82) is 0 Å². The third-order valence-electron chi connectivity index (χ3n) is 3.83. The molecule has 6 heteroatoms. The highest BCUT2D eigenvalue weighted by Crippen LogP contribution is 2.21. The Hall–Kier alpha value is -1.75. The van der Waals surface area contributed by atoms with Crippen LogP contribution >= 0.6 is 11.6 Å². The summed E-state index contributed by atoms with van der Waals surface area (Å²) >= 11 is 5.83. The van der Waals surface area contributed by atoms with Gasteiger partial charge in [0.2, 0.25) is 0 Å². The number of carbonyl (C=O) groups excluding carboxylic acids is 2. The van der Waals surface area contributed by atoms with E-state index in [4.69, 9.17) is 21.1 Å². The summed E-state index contributed by atoms with van der Waals surface area (Å²) in [6.07, 6.45) is 0.940. The van der Waals surface area contributed by atoms with Gasteiger partial charge in [-0.3, -0.25) is 9.59 Å². The Morgan fingerprint density at radius 3 is 2.70 bits per heavy atom. The summed E-state index contributed by atoms with van der Waals surface area (Å²) in [5.74, 6) is 0.00908. The van der Waals surface area contributed by atoms with Gasteiger partial charge in [-0.2, -0.15) is 0 Å². The summed E-state index contributed by atoms with van der Waals surface area (Å²) in [6, 6.07) is 6.88. The molecule has 0 bridgehead atoms. The fourth-order valence-corrected chi connectivity index (χ4v) is 2.78. The molecular formula is C17H22ClNO4. The predicted octanol–water partition coefficient (Wildman–Crippen LogP) is 2.91. The Morgan fingerprint density at radius 1 is 1.35 bits per heavy atom. The summed E-state index contributed by atoms with van der Waals surface area (Å²) in [6.45, 7) is 4.89. The van der Waals surface area contributed by atoms with Crippen molar-refractivity contribution in [3.8, 4) is 5.75 Å². The smallest absolute Gasteiger partial charge is 0.310 e. The molecule has 1 aromatic carbocycles. The van der Waals surface area contributed by atoms with Crippen LogP contribution in [0.4, 0.5) is 0 Å². The maximum atomic E-state index is 12.5. The van der Waals surface area contributed by atoms with Crippen LogP contribution in [0.5, 0.6) is 5.75 Å². The minimum absolute atomic E-state index is 0.117. The van der Waals surface area contributed by atoms with Crippen molar-refractivity contribution in [3.63, 3.8) is 0 Å². The normalized spacial score (nSPS) is 19.1. The number of amides is 1. The number of ether oxygens (including phenoxy) is 2. The van der Waals surface area contributed by atoms with Crippen LogP contribution in [0.25, 0.3) is 0 Å². The van der Waals surface area contributed by atoms with Crippen LogP contribution in [0.2, 0.25) is 5.02 Å². The van der Waals surface area contributed by atoms with Gasteiger partial charge in [-0.1, -0.05) is 11.6 Å². The highest BCUT2D eigenvalue weighted by Gasteiger charge is 2.31. The number of hydrogen-bond donors (Lipinski definition) is 0. The molecule has 0 saturated carbocycles. The van der Waals surface area contributed by atoms with E-state index in [-0.39, 0.29) is 17.8 Å². The molecule has 1 aliphatic heterocycles. The number of benzene rings is 1. The molecule has 2 unspecified atom stereocenters. The summed E-state index contributed by atoms with van der Waals surface area (Å²) in [5, 5.41) is 0.615. The highest BCUT2D eigenvalue weighted by molar-refractivity contribution is 6.30. The van der Waals surface area contributed by atoms with Crippen molar-refractivity contribution in [2.45, 2.75) is 32.8 Å². The number of rotatable bonds is 5. The van der Waals surface area contributed by atoms with Crippen molar-refractivity contribution < 1.29 is 19.1 Å². The minimum Gasteiger partial charge on any atom is -0.481 e. The van der Waals surface area contributed by atoms with Crippen LogP contribution < -0.4 is 4.74 Å². The van der Waals surface area contributed by atoms with E-state index in [1.807, 2.05) is 0 Å². The van der Waals surface area contributed by atoms with Gasteiger partial charge in [-0.15, -0.1) is 0 Å². The number of nitrogens with zero attached hydrogens (tertiary/aromatic N) is 1.